The number of hydrogen-bond acceptors (Lipinski definition) is 1. The number of rotatable bonds is 5. The Labute approximate surface area is 128 Å². The summed E-state index contributed by atoms with van der Waals surface area (Å²) in [7, 11) is 0. The van der Waals surface area contributed by atoms with Gasteiger partial charge < -0.3 is 5.32 Å². The van der Waals surface area contributed by atoms with Crippen LogP contribution in [0.4, 0.5) is 18.9 Å². The molecule has 0 heterocycles. The van der Waals surface area contributed by atoms with Gasteiger partial charge in [-0.2, -0.15) is 13.2 Å². The summed E-state index contributed by atoms with van der Waals surface area (Å²) in [4.78, 5) is 0. The molecule has 0 fully saturated rings. The molecule has 1 N–H and O–H groups in total. The summed E-state index contributed by atoms with van der Waals surface area (Å²) < 4.78 is 37.9. The maximum Gasteiger partial charge on any atom is 0.416 e. The van der Waals surface area contributed by atoms with E-state index in [2.05, 4.69) is 5.32 Å². The van der Waals surface area contributed by atoms with Gasteiger partial charge in [-0.15, -0.1) is 0 Å². The number of anilines is 1. The number of alkyl halides is 3. The van der Waals surface area contributed by atoms with Crippen molar-refractivity contribution in [2.75, 3.05) is 11.9 Å². The topological polar surface area (TPSA) is 12.0 Å². The molecule has 0 bridgehead atoms. The smallest absolute Gasteiger partial charge is 0.384 e. The van der Waals surface area contributed by atoms with Crippen LogP contribution in [0.3, 0.4) is 0 Å². The van der Waals surface area contributed by atoms with Crippen molar-refractivity contribution in [1.82, 2.24) is 0 Å². The molecule has 1 nitrogen and oxygen atoms in total. The third kappa shape index (κ3) is 4.95. The standard InChI is InChI=1S/C18H18F3N/c1-14(13-22-17-8-3-2-4-9-17)10-11-15-6-5-7-16(12-15)18(19,20)21/h2-12,14,22H,13H2,1H3/b11-10+. The Morgan fingerprint density at radius 1 is 1.05 bits per heavy atom. The molecule has 0 aliphatic carbocycles. The maximum atomic E-state index is 12.6. The highest BCUT2D eigenvalue weighted by molar-refractivity contribution is 5.51. The second kappa shape index (κ2) is 7.16. The molecule has 116 valence electrons. The predicted octanol–water partition coefficient (Wildman–Crippen LogP) is 5.47. The van der Waals surface area contributed by atoms with E-state index in [0.717, 1.165) is 24.4 Å². The Morgan fingerprint density at radius 2 is 1.77 bits per heavy atom. The second-order valence-electron chi connectivity index (χ2n) is 5.21. The van der Waals surface area contributed by atoms with Crippen molar-refractivity contribution >= 4 is 11.8 Å². The van der Waals surface area contributed by atoms with E-state index in [9.17, 15) is 13.2 Å². The van der Waals surface area contributed by atoms with Crippen LogP contribution < -0.4 is 5.32 Å². The molecule has 4 heteroatoms. The molecule has 0 amide bonds. The van der Waals surface area contributed by atoms with Crippen LogP contribution in [-0.2, 0) is 6.18 Å². The molecule has 1 atom stereocenters. The minimum atomic E-state index is -4.30. The zero-order valence-corrected chi connectivity index (χ0v) is 12.3. The summed E-state index contributed by atoms with van der Waals surface area (Å²) in [6, 6.07) is 15.1. The van der Waals surface area contributed by atoms with Gasteiger partial charge in [0.1, 0.15) is 0 Å². The highest BCUT2D eigenvalue weighted by atomic mass is 19.4. The molecule has 2 aromatic carbocycles. The molecule has 0 radical (unpaired) electrons. The minimum absolute atomic E-state index is 0.203. The fourth-order valence-electron chi connectivity index (χ4n) is 2.00. The van der Waals surface area contributed by atoms with Gasteiger partial charge in [0.2, 0.25) is 0 Å². The van der Waals surface area contributed by atoms with E-state index >= 15 is 0 Å². The van der Waals surface area contributed by atoms with Gasteiger partial charge in [0.25, 0.3) is 0 Å². The molecule has 1 unspecified atom stereocenters. The van der Waals surface area contributed by atoms with Crippen molar-refractivity contribution in [2.24, 2.45) is 5.92 Å². The first-order valence-corrected chi connectivity index (χ1v) is 7.09. The lowest BCUT2D eigenvalue weighted by Crippen LogP contribution is -2.08. The summed E-state index contributed by atoms with van der Waals surface area (Å²) in [5, 5.41) is 3.29. The van der Waals surface area contributed by atoms with Crippen molar-refractivity contribution < 1.29 is 13.2 Å². The lowest BCUT2D eigenvalue weighted by molar-refractivity contribution is -0.137. The molecule has 2 rings (SSSR count). The van der Waals surface area contributed by atoms with E-state index in [1.54, 1.807) is 12.1 Å². The Balaban J connectivity index is 1.93. The van der Waals surface area contributed by atoms with E-state index in [0.29, 0.717) is 5.56 Å². The Kier molecular flexibility index (Phi) is 5.26. The van der Waals surface area contributed by atoms with Gasteiger partial charge in [-0.1, -0.05) is 49.4 Å². The summed E-state index contributed by atoms with van der Waals surface area (Å²) in [5.74, 6) is 0.203. The van der Waals surface area contributed by atoms with Crippen molar-refractivity contribution in [1.29, 1.82) is 0 Å². The minimum Gasteiger partial charge on any atom is -0.384 e. The van der Waals surface area contributed by atoms with Gasteiger partial charge in [-0.3, -0.25) is 0 Å². The lowest BCUT2D eigenvalue weighted by Gasteiger charge is -2.10. The van der Waals surface area contributed by atoms with Gasteiger partial charge in [-0.25, -0.2) is 0 Å². The first-order valence-electron chi connectivity index (χ1n) is 7.09. The van der Waals surface area contributed by atoms with Gasteiger partial charge in [0.05, 0.1) is 5.56 Å². The number of hydrogen-bond donors (Lipinski definition) is 1. The van der Waals surface area contributed by atoms with Gasteiger partial charge >= 0.3 is 6.18 Å². The molecule has 0 aliphatic rings. The first-order chi connectivity index (χ1) is 10.4. The molecular formula is C18H18F3N. The van der Waals surface area contributed by atoms with Crippen LogP contribution in [0.15, 0.2) is 60.7 Å². The second-order valence-corrected chi connectivity index (χ2v) is 5.21. The summed E-state index contributed by atoms with van der Waals surface area (Å²) in [5.41, 5.74) is 0.966. The molecule has 22 heavy (non-hydrogen) atoms. The van der Waals surface area contributed by atoms with Crippen molar-refractivity contribution in [2.45, 2.75) is 13.1 Å². The van der Waals surface area contributed by atoms with Gasteiger partial charge in [-0.05, 0) is 35.7 Å². The van der Waals surface area contributed by atoms with Crippen LogP contribution in [0, 0.1) is 5.92 Å². The monoisotopic (exact) mass is 305 g/mol. The fraction of sp³-hybridized carbons (Fsp3) is 0.222. The molecule has 0 saturated carbocycles. The lowest BCUT2D eigenvalue weighted by atomic mass is 10.1. The molecule has 0 spiro atoms. The number of para-hydroxylation sites is 1. The van der Waals surface area contributed by atoms with Gasteiger partial charge in [0.15, 0.2) is 0 Å². The van der Waals surface area contributed by atoms with Crippen molar-refractivity contribution in [3.05, 3.63) is 71.8 Å². The van der Waals surface area contributed by atoms with Crippen LogP contribution in [-0.4, -0.2) is 6.54 Å². The van der Waals surface area contributed by atoms with E-state index in [-0.39, 0.29) is 5.92 Å². The highest BCUT2D eigenvalue weighted by Crippen LogP contribution is 2.29. The molecule has 0 aromatic heterocycles. The average molecular weight is 305 g/mol. The molecule has 2 aromatic rings. The number of benzene rings is 2. The highest BCUT2D eigenvalue weighted by Gasteiger charge is 2.30. The van der Waals surface area contributed by atoms with Crippen molar-refractivity contribution in [3.8, 4) is 0 Å². The molecule has 0 aliphatic heterocycles. The predicted molar refractivity (Wildman–Crippen MR) is 84.6 cm³/mol. The van der Waals surface area contributed by atoms with Crippen LogP contribution in [0.1, 0.15) is 18.1 Å². The third-order valence-electron chi connectivity index (χ3n) is 3.23. The zero-order chi connectivity index (χ0) is 16.0. The summed E-state index contributed by atoms with van der Waals surface area (Å²) in [6.07, 6.45) is -0.664. The Hall–Kier alpha value is -2.23. The van der Waals surface area contributed by atoms with E-state index in [4.69, 9.17) is 0 Å². The maximum absolute atomic E-state index is 12.6. The largest absolute Gasteiger partial charge is 0.416 e. The summed E-state index contributed by atoms with van der Waals surface area (Å²) >= 11 is 0. The zero-order valence-electron chi connectivity index (χ0n) is 12.3. The average Bonchev–Trinajstić information content (AvgIpc) is 2.51. The van der Waals surface area contributed by atoms with E-state index in [1.165, 1.54) is 6.07 Å². The van der Waals surface area contributed by atoms with Crippen LogP contribution in [0.2, 0.25) is 0 Å². The normalized spacial score (nSPS) is 13.3. The first kappa shape index (κ1) is 16.1. The molecule has 0 saturated heterocycles. The third-order valence-corrected chi connectivity index (χ3v) is 3.23. The van der Waals surface area contributed by atoms with Gasteiger partial charge in [0, 0.05) is 12.2 Å². The number of halogens is 3. The molecular weight excluding hydrogens is 287 g/mol. The SMILES string of the molecule is CC(/C=C/c1cccc(C(F)(F)F)c1)CNc1ccccc1. The Bertz CT molecular complexity index is 618. The van der Waals surface area contributed by atoms with E-state index < -0.39 is 11.7 Å². The van der Waals surface area contributed by atoms with Crippen molar-refractivity contribution in [3.63, 3.8) is 0 Å². The summed E-state index contributed by atoms with van der Waals surface area (Å²) in [6.45, 7) is 2.74. The number of nitrogens with one attached hydrogen (secondary N) is 1. The Morgan fingerprint density at radius 3 is 2.45 bits per heavy atom. The van der Waals surface area contributed by atoms with Crippen LogP contribution >= 0.6 is 0 Å². The van der Waals surface area contributed by atoms with Crippen LogP contribution in [0.25, 0.3) is 6.08 Å². The quantitative estimate of drug-likeness (QED) is 0.772. The van der Waals surface area contributed by atoms with Crippen LogP contribution in [0.5, 0.6) is 0 Å². The van der Waals surface area contributed by atoms with E-state index in [1.807, 2.05) is 43.3 Å². The fourth-order valence-corrected chi connectivity index (χ4v) is 2.00.